The van der Waals surface area contributed by atoms with E-state index in [1.807, 2.05) is 6.92 Å². The van der Waals surface area contributed by atoms with Gasteiger partial charge in [0.05, 0.1) is 19.3 Å². The number of carbonyl (C=O) groups excluding carboxylic acids is 1. The second kappa shape index (κ2) is 7.37. The number of hydrogen-bond donors (Lipinski definition) is 0. The maximum absolute atomic E-state index is 11.0. The molecule has 2 unspecified atom stereocenters. The van der Waals surface area contributed by atoms with Gasteiger partial charge in [-0.05, 0) is 46.5 Å². The Morgan fingerprint density at radius 1 is 1.28 bits per heavy atom. The fourth-order valence-electron chi connectivity index (χ4n) is 1.88. The molecule has 1 aliphatic rings. The predicted octanol–water partition coefficient (Wildman–Crippen LogP) is 3.40. The van der Waals surface area contributed by atoms with E-state index in [-0.39, 0.29) is 5.97 Å². The van der Waals surface area contributed by atoms with Crippen LogP contribution in [0.4, 0.5) is 0 Å². The van der Waals surface area contributed by atoms with Gasteiger partial charge in [-0.2, -0.15) is 0 Å². The largest absolute Gasteiger partial charge is 0.466 e. The normalized spacial score (nSPS) is 24.0. The molecule has 1 aliphatic heterocycles. The number of esters is 1. The minimum Gasteiger partial charge on any atom is -0.466 e. The second-order valence-corrected chi connectivity index (χ2v) is 5.02. The maximum Gasteiger partial charge on any atom is 0.330 e. The fraction of sp³-hybridized carbons (Fsp3) is 0.667. The summed E-state index contributed by atoms with van der Waals surface area (Å²) in [5.41, 5.74) is 2.47. The predicted molar refractivity (Wildman–Crippen MR) is 72.3 cm³/mol. The highest BCUT2D eigenvalue weighted by molar-refractivity contribution is 5.82. The molecule has 0 saturated carbocycles. The van der Waals surface area contributed by atoms with Crippen LogP contribution in [-0.4, -0.2) is 25.3 Å². The lowest BCUT2D eigenvalue weighted by Crippen LogP contribution is -1.95. The zero-order chi connectivity index (χ0) is 13.5. The summed E-state index contributed by atoms with van der Waals surface area (Å²) in [5, 5.41) is 0. The van der Waals surface area contributed by atoms with Gasteiger partial charge in [-0.25, -0.2) is 4.79 Å². The third kappa shape index (κ3) is 6.01. The summed E-state index contributed by atoms with van der Waals surface area (Å²) < 4.78 is 9.96. The van der Waals surface area contributed by atoms with Crippen molar-refractivity contribution in [3.05, 3.63) is 23.3 Å². The number of carbonyl (C=O) groups is 1. The molecule has 3 nitrogen and oxygen atoms in total. The van der Waals surface area contributed by atoms with Crippen LogP contribution in [0.5, 0.6) is 0 Å². The lowest BCUT2D eigenvalue weighted by atomic mass is 10.1. The van der Waals surface area contributed by atoms with Crippen molar-refractivity contribution < 1.29 is 14.3 Å². The topological polar surface area (TPSA) is 38.8 Å². The molecule has 2 atom stereocenters. The third-order valence-corrected chi connectivity index (χ3v) is 3.26. The van der Waals surface area contributed by atoms with Crippen LogP contribution in [0.25, 0.3) is 0 Å². The lowest BCUT2D eigenvalue weighted by molar-refractivity contribution is -0.134. The summed E-state index contributed by atoms with van der Waals surface area (Å²) in [5.74, 6) is -0.270. The Labute approximate surface area is 110 Å². The van der Waals surface area contributed by atoms with Crippen LogP contribution in [0.2, 0.25) is 0 Å². The van der Waals surface area contributed by atoms with Crippen molar-refractivity contribution in [2.45, 2.75) is 58.7 Å². The number of methoxy groups -OCH3 is 1. The van der Waals surface area contributed by atoms with Crippen LogP contribution >= 0.6 is 0 Å². The first-order chi connectivity index (χ1) is 8.52. The Morgan fingerprint density at radius 2 is 1.94 bits per heavy atom. The van der Waals surface area contributed by atoms with Gasteiger partial charge in [0.1, 0.15) is 0 Å². The van der Waals surface area contributed by atoms with Gasteiger partial charge in [-0.3, -0.25) is 0 Å². The molecular weight excluding hydrogens is 228 g/mol. The minimum atomic E-state index is -0.270. The molecule has 102 valence electrons. The lowest BCUT2D eigenvalue weighted by Gasteiger charge is -2.01. The van der Waals surface area contributed by atoms with Crippen LogP contribution < -0.4 is 0 Å². The average Bonchev–Trinajstić information content (AvgIpc) is 3.02. The van der Waals surface area contributed by atoms with E-state index in [0.717, 1.165) is 31.3 Å². The van der Waals surface area contributed by atoms with E-state index in [0.29, 0.717) is 12.2 Å². The van der Waals surface area contributed by atoms with Gasteiger partial charge in [0.2, 0.25) is 0 Å². The number of allylic oxidation sites excluding steroid dienone is 3. The zero-order valence-corrected chi connectivity index (χ0v) is 11.9. The molecule has 0 radical (unpaired) electrons. The molecule has 0 aromatic heterocycles. The molecule has 0 amide bonds. The molecular formula is C15H24O3. The average molecular weight is 252 g/mol. The monoisotopic (exact) mass is 252 g/mol. The van der Waals surface area contributed by atoms with Gasteiger partial charge in [0.15, 0.2) is 0 Å². The molecule has 0 aromatic rings. The summed E-state index contributed by atoms with van der Waals surface area (Å²) in [6, 6.07) is 0. The molecule has 1 heterocycles. The van der Waals surface area contributed by atoms with Crippen molar-refractivity contribution in [3.63, 3.8) is 0 Å². The zero-order valence-electron chi connectivity index (χ0n) is 11.9. The standard InChI is InChI=1S/C15H24O3/c1-11(8-9-14-13(3)18-14)6-5-7-12(2)10-15(16)17-4/h6,10,13-14H,5,7-9H2,1-4H3/b11-6+,12-10+. The molecule has 0 aliphatic carbocycles. The Balaban J connectivity index is 2.18. The number of epoxide rings is 1. The van der Waals surface area contributed by atoms with E-state index in [2.05, 4.69) is 24.7 Å². The molecule has 0 bridgehead atoms. The number of hydrogen-bond acceptors (Lipinski definition) is 3. The Morgan fingerprint density at radius 3 is 2.50 bits per heavy atom. The number of ether oxygens (including phenoxy) is 2. The first kappa shape index (κ1) is 15.0. The van der Waals surface area contributed by atoms with E-state index in [1.54, 1.807) is 6.08 Å². The smallest absolute Gasteiger partial charge is 0.330 e. The van der Waals surface area contributed by atoms with Gasteiger partial charge in [-0.1, -0.05) is 17.2 Å². The van der Waals surface area contributed by atoms with E-state index >= 15 is 0 Å². The van der Waals surface area contributed by atoms with Crippen LogP contribution in [0.1, 0.15) is 46.5 Å². The number of rotatable bonds is 7. The van der Waals surface area contributed by atoms with Gasteiger partial charge >= 0.3 is 5.97 Å². The Kier molecular flexibility index (Phi) is 6.13. The van der Waals surface area contributed by atoms with Gasteiger partial charge < -0.3 is 9.47 Å². The molecule has 0 spiro atoms. The highest BCUT2D eigenvalue weighted by Crippen LogP contribution is 2.27. The second-order valence-electron chi connectivity index (χ2n) is 5.02. The summed E-state index contributed by atoms with van der Waals surface area (Å²) in [6.45, 7) is 6.23. The van der Waals surface area contributed by atoms with Crippen LogP contribution in [-0.2, 0) is 14.3 Å². The van der Waals surface area contributed by atoms with Crippen molar-refractivity contribution in [3.8, 4) is 0 Å². The molecule has 18 heavy (non-hydrogen) atoms. The van der Waals surface area contributed by atoms with Crippen LogP contribution in [0, 0.1) is 0 Å². The van der Waals surface area contributed by atoms with E-state index in [9.17, 15) is 4.79 Å². The highest BCUT2D eigenvalue weighted by atomic mass is 16.6. The van der Waals surface area contributed by atoms with Crippen LogP contribution in [0.15, 0.2) is 23.3 Å². The van der Waals surface area contributed by atoms with Crippen molar-refractivity contribution in [2.24, 2.45) is 0 Å². The quantitative estimate of drug-likeness (QED) is 0.302. The SMILES string of the molecule is COC(=O)/C=C(\C)CC/C=C(\C)CCC1OC1C. The maximum atomic E-state index is 11.0. The highest BCUT2D eigenvalue weighted by Gasteiger charge is 2.32. The summed E-state index contributed by atoms with van der Waals surface area (Å²) >= 11 is 0. The minimum absolute atomic E-state index is 0.270. The molecule has 0 aromatic carbocycles. The first-order valence-corrected chi connectivity index (χ1v) is 6.59. The molecule has 3 heteroatoms. The van der Waals surface area contributed by atoms with Gasteiger partial charge in [0.25, 0.3) is 0 Å². The Hall–Kier alpha value is -1.09. The fourth-order valence-corrected chi connectivity index (χ4v) is 1.88. The first-order valence-electron chi connectivity index (χ1n) is 6.59. The van der Waals surface area contributed by atoms with Crippen molar-refractivity contribution in [2.75, 3.05) is 7.11 Å². The molecule has 1 rings (SSSR count). The summed E-state index contributed by atoms with van der Waals surface area (Å²) in [6.07, 6.45) is 8.87. The van der Waals surface area contributed by atoms with Gasteiger partial charge in [0, 0.05) is 6.08 Å². The van der Waals surface area contributed by atoms with Crippen molar-refractivity contribution in [1.82, 2.24) is 0 Å². The van der Waals surface area contributed by atoms with E-state index in [4.69, 9.17) is 4.74 Å². The summed E-state index contributed by atoms with van der Waals surface area (Å²) in [4.78, 5) is 11.0. The van der Waals surface area contributed by atoms with Gasteiger partial charge in [-0.15, -0.1) is 0 Å². The van der Waals surface area contributed by atoms with Crippen molar-refractivity contribution in [1.29, 1.82) is 0 Å². The Bertz CT molecular complexity index is 342. The summed E-state index contributed by atoms with van der Waals surface area (Å²) in [7, 11) is 1.40. The molecule has 1 saturated heterocycles. The molecule has 0 N–H and O–H groups in total. The van der Waals surface area contributed by atoms with Crippen LogP contribution in [0.3, 0.4) is 0 Å². The van der Waals surface area contributed by atoms with E-state index < -0.39 is 0 Å². The van der Waals surface area contributed by atoms with Crippen molar-refractivity contribution >= 4 is 5.97 Å². The third-order valence-electron chi connectivity index (χ3n) is 3.26. The molecule has 1 fully saturated rings. The van der Waals surface area contributed by atoms with E-state index in [1.165, 1.54) is 12.7 Å².